The highest BCUT2D eigenvalue weighted by molar-refractivity contribution is 7.89. The van der Waals surface area contributed by atoms with Gasteiger partial charge in [-0.15, -0.1) is 0 Å². The zero-order valence-corrected chi connectivity index (χ0v) is 17.5. The smallest absolute Gasteiger partial charge is 0.243 e. The van der Waals surface area contributed by atoms with Crippen LogP contribution in [-0.4, -0.2) is 38.4 Å². The lowest BCUT2D eigenvalue weighted by Gasteiger charge is -2.40. The molecule has 1 saturated heterocycles. The van der Waals surface area contributed by atoms with Gasteiger partial charge in [0.1, 0.15) is 0 Å². The van der Waals surface area contributed by atoms with Gasteiger partial charge in [-0.2, -0.15) is 4.31 Å². The maximum atomic E-state index is 13.1. The van der Waals surface area contributed by atoms with Crippen molar-refractivity contribution in [2.24, 2.45) is 0 Å². The SMILES string of the molecule is CCC(C)c1ccc(S(=O)(=O)N2CCN(c3ccc(C)cc3)C(C)C2)cc1. The highest BCUT2D eigenvalue weighted by Gasteiger charge is 2.32. The van der Waals surface area contributed by atoms with Crippen LogP contribution in [0.3, 0.4) is 0 Å². The molecule has 27 heavy (non-hydrogen) atoms. The molecule has 0 saturated carbocycles. The number of sulfonamides is 1. The van der Waals surface area contributed by atoms with Crippen molar-refractivity contribution in [3.8, 4) is 0 Å². The van der Waals surface area contributed by atoms with Crippen molar-refractivity contribution in [3.63, 3.8) is 0 Å². The number of aryl methyl sites for hydroxylation is 1. The molecule has 0 bridgehead atoms. The minimum absolute atomic E-state index is 0.135. The molecule has 2 aromatic rings. The molecular weight excluding hydrogens is 356 g/mol. The molecule has 0 radical (unpaired) electrons. The maximum Gasteiger partial charge on any atom is 0.243 e. The Labute approximate surface area is 163 Å². The average molecular weight is 387 g/mol. The molecule has 1 fully saturated rings. The van der Waals surface area contributed by atoms with Crippen LogP contribution in [0.15, 0.2) is 53.4 Å². The van der Waals surface area contributed by atoms with Crippen molar-refractivity contribution in [1.82, 2.24) is 4.31 Å². The fourth-order valence-electron chi connectivity index (χ4n) is 3.62. The molecule has 1 heterocycles. The van der Waals surface area contributed by atoms with E-state index in [-0.39, 0.29) is 6.04 Å². The fourth-order valence-corrected chi connectivity index (χ4v) is 5.13. The number of hydrogen-bond donors (Lipinski definition) is 0. The van der Waals surface area contributed by atoms with Crippen LogP contribution in [0, 0.1) is 6.92 Å². The largest absolute Gasteiger partial charge is 0.366 e. The van der Waals surface area contributed by atoms with E-state index in [0.29, 0.717) is 30.4 Å². The van der Waals surface area contributed by atoms with Gasteiger partial charge in [0, 0.05) is 31.4 Å². The molecule has 2 aromatic carbocycles. The molecule has 2 atom stereocenters. The highest BCUT2D eigenvalue weighted by atomic mass is 32.2. The van der Waals surface area contributed by atoms with Gasteiger partial charge in [-0.25, -0.2) is 8.42 Å². The lowest BCUT2D eigenvalue weighted by molar-refractivity contribution is 0.342. The van der Waals surface area contributed by atoms with E-state index in [4.69, 9.17) is 0 Å². The lowest BCUT2D eigenvalue weighted by atomic mass is 9.99. The summed E-state index contributed by atoms with van der Waals surface area (Å²) in [6, 6.07) is 16.0. The van der Waals surface area contributed by atoms with Crippen molar-refractivity contribution in [1.29, 1.82) is 0 Å². The van der Waals surface area contributed by atoms with Crippen LogP contribution in [0.4, 0.5) is 5.69 Å². The van der Waals surface area contributed by atoms with E-state index in [1.807, 2.05) is 12.1 Å². The van der Waals surface area contributed by atoms with Crippen LogP contribution in [0.1, 0.15) is 44.2 Å². The monoisotopic (exact) mass is 386 g/mol. The Morgan fingerprint density at radius 1 is 1.04 bits per heavy atom. The molecule has 146 valence electrons. The Bertz CT molecular complexity index is 860. The van der Waals surface area contributed by atoms with Crippen LogP contribution in [-0.2, 0) is 10.0 Å². The van der Waals surface area contributed by atoms with Crippen LogP contribution in [0.2, 0.25) is 0 Å². The van der Waals surface area contributed by atoms with Crippen molar-refractivity contribution >= 4 is 15.7 Å². The molecule has 1 aliphatic heterocycles. The molecule has 0 spiro atoms. The van der Waals surface area contributed by atoms with E-state index < -0.39 is 10.0 Å². The van der Waals surface area contributed by atoms with Crippen LogP contribution < -0.4 is 4.90 Å². The molecule has 0 aliphatic carbocycles. The Morgan fingerprint density at radius 3 is 2.22 bits per heavy atom. The standard InChI is InChI=1S/C22H30N2O2S/c1-5-18(3)20-8-12-22(13-9-20)27(25,26)23-14-15-24(19(4)16-23)21-10-6-17(2)7-11-21/h6-13,18-19H,5,14-16H2,1-4H3. The number of piperazine rings is 1. The molecule has 3 rings (SSSR count). The van der Waals surface area contributed by atoms with Gasteiger partial charge in [-0.1, -0.05) is 43.7 Å². The van der Waals surface area contributed by atoms with Gasteiger partial charge >= 0.3 is 0 Å². The van der Waals surface area contributed by atoms with E-state index in [9.17, 15) is 8.42 Å². The van der Waals surface area contributed by atoms with E-state index in [2.05, 4.69) is 56.9 Å². The summed E-state index contributed by atoms with van der Waals surface area (Å²) < 4.78 is 27.8. The van der Waals surface area contributed by atoms with Gasteiger partial charge in [-0.05, 0) is 56.0 Å². The minimum atomic E-state index is -3.45. The zero-order valence-electron chi connectivity index (χ0n) is 16.7. The summed E-state index contributed by atoms with van der Waals surface area (Å²) in [6.07, 6.45) is 1.05. The van der Waals surface area contributed by atoms with Crippen LogP contribution in [0.5, 0.6) is 0 Å². The van der Waals surface area contributed by atoms with E-state index >= 15 is 0 Å². The van der Waals surface area contributed by atoms with Crippen molar-refractivity contribution in [3.05, 3.63) is 59.7 Å². The van der Waals surface area contributed by atoms with Crippen molar-refractivity contribution in [2.75, 3.05) is 24.5 Å². The summed E-state index contributed by atoms with van der Waals surface area (Å²) in [7, 11) is -3.45. The third-order valence-electron chi connectivity index (χ3n) is 5.66. The maximum absolute atomic E-state index is 13.1. The topological polar surface area (TPSA) is 40.6 Å². The molecule has 5 heteroatoms. The third kappa shape index (κ3) is 4.19. The summed E-state index contributed by atoms with van der Waals surface area (Å²) in [5.74, 6) is 0.444. The predicted molar refractivity (Wildman–Crippen MR) is 112 cm³/mol. The first-order chi connectivity index (χ1) is 12.8. The predicted octanol–water partition coefficient (Wildman–Crippen LogP) is 4.41. The number of rotatable bonds is 5. The molecule has 2 unspecified atom stereocenters. The minimum Gasteiger partial charge on any atom is -0.366 e. The van der Waals surface area contributed by atoms with E-state index in [1.165, 1.54) is 11.1 Å². The second-order valence-corrected chi connectivity index (χ2v) is 9.56. The highest BCUT2D eigenvalue weighted by Crippen LogP contribution is 2.26. The summed E-state index contributed by atoms with van der Waals surface area (Å²) in [5, 5.41) is 0. The molecule has 0 N–H and O–H groups in total. The van der Waals surface area contributed by atoms with Gasteiger partial charge in [-0.3, -0.25) is 0 Å². The van der Waals surface area contributed by atoms with Gasteiger partial charge < -0.3 is 4.90 Å². The van der Waals surface area contributed by atoms with Crippen molar-refractivity contribution in [2.45, 2.75) is 51.0 Å². The summed E-state index contributed by atoms with van der Waals surface area (Å²) >= 11 is 0. The zero-order chi connectivity index (χ0) is 19.6. The Hall–Kier alpha value is -1.85. The van der Waals surface area contributed by atoms with Crippen LogP contribution in [0.25, 0.3) is 0 Å². The van der Waals surface area contributed by atoms with E-state index in [0.717, 1.165) is 12.1 Å². The van der Waals surface area contributed by atoms with Gasteiger partial charge in [0.15, 0.2) is 0 Å². The lowest BCUT2D eigenvalue weighted by Crippen LogP contribution is -2.53. The average Bonchev–Trinajstić information content (AvgIpc) is 2.68. The third-order valence-corrected chi connectivity index (χ3v) is 7.53. The second kappa shape index (κ2) is 8.03. The first-order valence-corrected chi connectivity index (χ1v) is 11.2. The molecule has 1 aliphatic rings. The van der Waals surface area contributed by atoms with Gasteiger partial charge in [0.25, 0.3) is 0 Å². The summed E-state index contributed by atoms with van der Waals surface area (Å²) in [5.41, 5.74) is 3.57. The van der Waals surface area contributed by atoms with Crippen LogP contribution >= 0.6 is 0 Å². The van der Waals surface area contributed by atoms with Crippen molar-refractivity contribution < 1.29 is 8.42 Å². The second-order valence-electron chi connectivity index (χ2n) is 7.62. The normalized spacial score (nSPS) is 19.9. The molecular formula is C22H30N2O2S. The van der Waals surface area contributed by atoms with Gasteiger partial charge in [0.05, 0.1) is 4.90 Å². The quantitative estimate of drug-likeness (QED) is 0.764. The Morgan fingerprint density at radius 2 is 1.67 bits per heavy atom. The molecule has 0 aromatic heterocycles. The summed E-state index contributed by atoms with van der Waals surface area (Å²) in [6.45, 7) is 10.2. The first kappa shape index (κ1) is 19.9. The van der Waals surface area contributed by atoms with E-state index in [1.54, 1.807) is 16.4 Å². The number of anilines is 1. The number of hydrogen-bond acceptors (Lipinski definition) is 3. The number of nitrogens with zero attached hydrogens (tertiary/aromatic N) is 2. The van der Waals surface area contributed by atoms with Gasteiger partial charge in [0.2, 0.25) is 10.0 Å². The first-order valence-electron chi connectivity index (χ1n) is 9.76. The Kier molecular flexibility index (Phi) is 5.92. The molecule has 4 nitrogen and oxygen atoms in total. The Balaban J connectivity index is 1.74. The molecule has 0 amide bonds. The number of benzene rings is 2. The fraction of sp³-hybridized carbons (Fsp3) is 0.455. The summed E-state index contributed by atoms with van der Waals surface area (Å²) in [4.78, 5) is 2.68.